The zero-order valence-corrected chi connectivity index (χ0v) is 12.4. The van der Waals surface area contributed by atoms with Crippen LogP contribution in [0.4, 0.5) is 4.39 Å². The smallest absolute Gasteiger partial charge is 0.123 e. The summed E-state index contributed by atoms with van der Waals surface area (Å²) in [5, 5.41) is 0. The molecular weight excluding hydrogens is 289 g/mol. The lowest BCUT2D eigenvalue weighted by Gasteiger charge is -2.07. The van der Waals surface area contributed by atoms with E-state index in [9.17, 15) is 8.60 Å². The van der Waals surface area contributed by atoms with Crippen LogP contribution in [-0.4, -0.2) is 16.6 Å². The second-order valence-electron chi connectivity index (χ2n) is 4.56. The second kappa shape index (κ2) is 7.90. The van der Waals surface area contributed by atoms with E-state index < -0.39 is 10.8 Å². The van der Waals surface area contributed by atoms with Crippen molar-refractivity contribution in [3.05, 3.63) is 59.9 Å². The van der Waals surface area contributed by atoms with E-state index in [0.29, 0.717) is 30.2 Å². The third-order valence-corrected chi connectivity index (χ3v) is 4.41. The minimum Gasteiger partial charge on any atom is -0.494 e. The number of hydrogen-bond acceptors (Lipinski definition) is 3. The number of ether oxygens (including phenoxy) is 1. The molecule has 0 aliphatic heterocycles. The van der Waals surface area contributed by atoms with E-state index in [1.54, 1.807) is 12.1 Å². The predicted molar refractivity (Wildman–Crippen MR) is 82.1 cm³/mol. The van der Waals surface area contributed by atoms with Crippen LogP contribution >= 0.6 is 0 Å². The summed E-state index contributed by atoms with van der Waals surface area (Å²) in [5.41, 5.74) is 6.58. The van der Waals surface area contributed by atoms with Gasteiger partial charge in [-0.25, -0.2) is 4.39 Å². The molecule has 0 aliphatic carbocycles. The van der Waals surface area contributed by atoms with E-state index in [0.717, 1.165) is 11.3 Å². The minimum atomic E-state index is -1.12. The van der Waals surface area contributed by atoms with E-state index >= 15 is 0 Å². The molecule has 0 bridgehead atoms. The molecular formula is C16H18FNO2S. The van der Waals surface area contributed by atoms with Crippen molar-refractivity contribution in [1.29, 1.82) is 0 Å². The van der Waals surface area contributed by atoms with Gasteiger partial charge < -0.3 is 10.5 Å². The fraction of sp³-hybridized carbons (Fsp3) is 0.250. The van der Waals surface area contributed by atoms with Gasteiger partial charge in [0.15, 0.2) is 0 Å². The van der Waals surface area contributed by atoms with E-state index in [1.165, 1.54) is 12.1 Å². The third kappa shape index (κ3) is 4.95. The lowest BCUT2D eigenvalue weighted by Crippen LogP contribution is -2.05. The standard InChI is InChI=1S/C16H18FNO2S/c17-14-5-7-16(8-6-14)21(19)10-2-9-20-15-4-1-3-13(11-15)12-18/h1,3-8,11H,2,9-10,12,18H2. The Morgan fingerprint density at radius 3 is 2.62 bits per heavy atom. The van der Waals surface area contributed by atoms with E-state index in [-0.39, 0.29) is 5.82 Å². The van der Waals surface area contributed by atoms with Crippen LogP contribution in [0.5, 0.6) is 5.75 Å². The van der Waals surface area contributed by atoms with Gasteiger partial charge in [-0.15, -0.1) is 0 Å². The van der Waals surface area contributed by atoms with Crippen molar-refractivity contribution in [1.82, 2.24) is 0 Å². The highest BCUT2D eigenvalue weighted by Crippen LogP contribution is 2.14. The third-order valence-electron chi connectivity index (χ3n) is 2.95. The number of hydrogen-bond donors (Lipinski definition) is 1. The maximum atomic E-state index is 12.8. The van der Waals surface area contributed by atoms with Gasteiger partial charge in [0.1, 0.15) is 11.6 Å². The molecule has 0 heterocycles. The Hall–Kier alpha value is -1.72. The van der Waals surface area contributed by atoms with Crippen LogP contribution < -0.4 is 10.5 Å². The summed E-state index contributed by atoms with van der Waals surface area (Å²) in [7, 11) is -1.12. The highest BCUT2D eigenvalue weighted by atomic mass is 32.2. The topological polar surface area (TPSA) is 52.3 Å². The molecule has 1 unspecified atom stereocenters. The van der Waals surface area contributed by atoms with Crippen molar-refractivity contribution in [2.45, 2.75) is 17.9 Å². The Labute approximate surface area is 126 Å². The largest absolute Gasteiger partial charge is 0.494 e. The van der Waals surface area contributed by atoms with Gasteiger partial charge in [0, 0.05) is 17.2 Å². The lowest BCUT2D eigenvalue weighted by molar-refractivity contribution is 0.318. The highest BCUT2D eigenvalue weighted by molar-refractivity contribution is 7.85. The van der Waals surface area contributed by atoms with E-state index in [4.69, 9.17) is 10.5 Å². The summed E-state index contributed by atoms with van der Waals surface area (Å²) < 4.78 is 30.4. The van der Waals surface area contributed by atoms with Gasteiger partial charge in [0.25, 0.3) is 0 Å². The number of halogens is 1. The fourth-order valence-corrected chi connectivity index (χ4v) is 2.90. The number of rotatable bonds is 7. The minimum absolute atomic E-state index is 0.320. The van der Waals surface area contributed by atoms with Gasteiger partial charge in [-0.2, -0.15) is 0 Å². The first-order valence-corrected chi connectivity index (χ1v) is 8.06. The molecule has 0 saturated carbocycles. The van der Waals surface area contributed by atoms with Crippen molar-refractivity contribution < 1.29 is 13.3 Å². The summed E-state index contributed by atoms with van der Waals surface area (Å²) in [6, 6.07) is 13.4. The van der Waals surface area contributed by atoms with Crippen LogP contribution in [0.2, 0.25) is 0 Å². The van der Waals surface area contributed by atoms with Crippen molar-refractivity contribution in [3.8, 4) is 5.75 Å². The molecule has 2 aromatic carbocycles. The highest BCUT2D eigenvalue weighted by Gasteiger charge is 2.04. The zero-order chi connectivity index (χ0) is 15.1. The van der Waals surface area contributed by atoms with Crippen molar-refractivity contribution in [3.63, 3.8) is 0 Å². The average molecular weight is 307 g/mol. The van der Waals surface area contributed by atoms with E-state index in [2.05, 4.69) is 0 Å². The normalized spacial score (nSPS) is 12.1. The second-order valence-corrected chi connectivity index (χ2v) is 6.13. The zero-order valence-electron chi connectivity index (χ0n) is 11.6. The number of nitrogens with two attached hydrogens (primary N) is 1. The Balaban J connectivity index is 1.76. The van der Waals surface area contributed by atoms with Crippen molar-refractivity contribution in [2.24, 2.45) is 5.73 Å². The molecule has 2 rings (SSSR count). The van der Waals surface area contributed by atoms with Crippen LogP contribution in [0.15, 0.2) is 53.4 Å². The molecule has 5 heteroatoms. The van der Waals surface area contributed by atoms with Gasteiger partial charge in [-0.05, 0) is 48.4 Å². The summed E-state index contributed by atoms with van der Waals surface area (Å²) in [6.45, 7) is 0.965. The van der Waals surface area contributed by atoms with Crippen LogP contribution in [0.1, 0.15) is 12.0 Å². The molecule has 2 N–H and O–H groups in total. The molecule has 0 radical (unpaired) electrons. The van der Waals surface area contributed by atoms with Crippen molar-refractivity contribution in [2.75, 3.05) is 12.4 Å². The molecule has 112 valence electrons. The molecule has 0 amide bonds. The quantitative estimate of drug-likeness (QED) is 0.800. The Morgan fingerprint density at radius 2 is 1.90 bits per heavy atom. The summed E-state index contributed by atoms with van der Waals surface area (Å²) in [6.07, 6.45) is 0.664. The summed E-state index contributed by atoms with van der Waals surface area (Å²) in [5.74, 6) is 0.937. The molecule has 0 aromatic heterocycles. The molecule has 0 aliphatic rings. The first-order chi connectivity index (χ1) is 10.2. The Kier molecular flexibility index (Phi) is 5.90. The average Bonchev–Trinajstić information content (AvgIpc) is 2.52. The van der Waals surface area contributed by atoms with Crippen LogP contribution in [-0.2, 0) is 17.3 Å². The van der Waals surface area contributed by atoms with Gasteiger partial charge in [-0.1, -0.05) is 12.1 Å². The maximum absolute atomic E-state index is 12.8. The first-order valence-electron chi connectivity index (χ1n) is 6.75. The van der Waals surface area contributed by atoms with Gasteiger partial charge in [-0.3, -0.25) is 4.21 Å². The molecule has 0 saturated heterocycles. The Bertz CT molecular complexity index is 601. The van der Waals surface area contributed by atoms with Gasteiger partial charge in [0.05, 0.1) is 17.4 Å². The molecule has 3 nitrogen and oxygen atoms in total. The number of benzene rings is 2. The molecule has 1 atom stereocenters. The fourth-order valence-electron chi connectivity index (χ4n) is 1.85. The van der Waals surface area contributed by atoms with Gasteiger partial charge >= 0.3 is 0 Å². The summed E-state index contributed by atoms with van der Waals surface area (Å²) in [4.78, 5) is 0.640. The SMILES string of the molecule is NCc1cccc(OCCCS(=O)c2ccc(F)cc2)c1. The lowest BCUT2D eigenvalue weighted by atomic mass is 10.2. The summed E-state index contributed by atoms with van der Waals surface area (Å²) >= 11 is 0. The molecule has 0 spiro atoms. The van der Waals surface area contributed by atoms with Crippen LogP contribution in [0, 0.1) is 5.82 Å². The predicted octanol–water partition coefficient (Wildman–Crippen LogP) is 2.86. The molecule has 2 aromatic rings. The van der Waals surface area contributed by atoms with Crippen molar-refractivity contribution >= 4 is 10.8 Å². The van der Waals surface area contributed by atoms with Crippen LogP contribution in [0.25, 0.3) is 0 Å². The van der Waals surface area contributed by atoms with Gasteiger partial charge in [0.2, 0.25) is 0 Å². The first kappa shape index (κ1) is 15.7. The Morgan fingerprint density at radius 1 is 1.14 bits per heavy atom. The maximum Gasteiger partial charge on any atom is 0.123 e. The molecule has 0 fully saturated rings. The monoisotopic (exact) mass is 307 g/mol. The molecule has 21 heavy (non-hydrogen) atoms. The van der Waals surface area contributed by atoms with Crippen LogP contribution in [0.3, 0.4) is 0 Å². The van der Waals surface area contributed by atoms with E-state index in [1.807, 2.05) is 24.3 Å².